The van der Waals surface area contributed by atoms with E-state index in [1.54, 1.807) is 36.2 Å². The standard InChI is InChI=1S/C20H26N4O2/c1-12-18(13(2)23-22-12)14(3)24(4)20(26)16-8-10-17(11-9-16)21-19(25)15-6-5-7-15/h8-11,14-15H,5-7H2,1-4H3,(H,21,25)(H,22,23)/t14-/m0/s1. The maximum Gasteiger partial charge on any atom is 0.254 e. The molecule has 2 N–H and O–H groups in total. The number of hydrogen-bond acceptors (Lipinski definition) is 3. The Labute approximate surface area is 154 Å². The van der Waals surface area contributed by atoms with E-state index in [1.807, 2.05) is 20.8 Å². The lowest BCUT2D eigenvalue weighted by Crippen LogP contribution is -2.30. The molecule has 1 aromatic carbocycles. The van der Waals surface area contributed by atoms with Gasteiger partial charge in [-0.25, -0.2) is 0 Å². The number of aryl methyl sites for hydroxylation is 2. The fraction of sp³-hybridized carbons (Fsp3) is 0.450. The van der Waals surface area contributed by atoms with Crippen molar-refractivity contribution in [2.45, 2.75) is 46.1 Å². The molecule has 1 aliphatic carbocycles. The van der Waals surface area contributed by atoms with Gasteiger partial charge in [-0.3, -0.25) is 14.7 Å². The first-order valence-electron chi connectivity index (χ1n) is 9.08. The van der Waals surface area contributed by atoms with Crippen LogP contribution in [0.15, 0.2) is 24.3 Å². The lowest BCUT2D eigenvalue weighted by Gasteiger charge is -2.26. The Bertz CT molecular complexity index is 786. The number of hydrogen-bond donors (Lipinski definition) is 2. The topological polar surface area (TPSA) is 78.1 Å². The number of carbonyl (C=O) groups is 2. The number of aromatic amines is 1. The number of amides is 2. The van der Waals surface area contributed by atoms with Crippen molar-refractivity contribution >= 4 is 17.5 Å². The number of nitrogens with one attached hydrogen (secondary N) is 2. The molecule has 0 unspecified atom stereocenters. The van der Waals surface area contributed by atoms with Gasteiger partial charge in [-0.15, -0.1) is 0 Å². The maximum atomic E-state index is 12.8. The van der Waals surface area contributed by atoms with Crippen molar-refractivity contribution in [1.29, 1.82) is 0 Å². The van der Waals surface area contributed by atoms with Gasteiger partial charge in [0.2, 0.25) is 5.91 Å². The Hall–Kier alpha value is -2.63. The molecule has 6 nitrogen and oxygen atoms in total. The summed E-state index contributed by atoms with van der Waals surface area (Å²) < 4.78 is 0. The molecule has 1 atom stereocenters. The highest BCUT2D eigenvalue weighted by Gasteiger charge is 2.26. The van der Waals surface area contributed by atoms with E-state index in [0.717, 1.165) is 41.9 Å². The summed E-state index contributed by atoms with van der Waals surface area (Å²) in [5.41, 5.74) is 4.26. The zero-order chi connectivity index (χ0) is 18.8. The van der Waals surface area contributed by atoms with E-state index in [9.17, 15) is 9.59 Å². The zero-order valence-corrected chi connectivity index (χ0v) is 15.8. The molecule has 1 aliphatic rings. The molecule has 6 heteroatoms. The number of nitrogens with zero attached hydrogens (tertiary/aromatic N) is 2. The van der Waals surface area contributed by atoms with Crippen LogP contribution in [0.5, 0.6) is 0 Å². The summed E-state index contributed by atoms with van der Waals surface area (Å²) in [6, 6.07) is 7.01. The van der Waals surface area contributed by atoms with Gasteiger partial charge < -0.3 is 10.2 Å². The van der Waals surface area contributed by atoms with Gasteiger partial charge in [0.15, 0.2) is 0 Å². The smallest absolute Gasteiger partial charge is 0.254 e. The van der Waals surface area contributed by atoms with Crippen LogP contribution in [-0.2, 0) is 4.79 Å². The number of H-pyrrole nitrogens is 1. The lowest BCUT2D eigenvalue weighted by atomic mass is 9.85. The summed E-state index contributed by atoms with van der Waals surface area (Å²) in [5.74, 6) is 0.158. The van der Waals surface area contributed by atoms with E-state index in [1.165, 1.54) is 0 Å². The predicted molar refractivity (Wildman–Crippen MR) is 101 cm³/mol. The van der Waals surface area contributed by atoms with Crippen molar-refractivity contribution in [3.8, 4) is 0 Å². The third kappa shape index (κ3) is 3.49. The number of benzene rings is 1. The summed E-state index contributed by atoms with van der Waals surface area (Å²) >= 11 is 0. The Morgan fingerprint density at radius 1 is 1.23 bits per heavy atom. The first-order chi connectivity index (χ1) is 12.4. The molecule has 1 fully saturated rings. The molecule has 2 amide bonds. The van der Waals surface area contributed by atoms with Gasteiger partial charge in [-0.05, 0) is 57.9 Å². The molecule has 2 aromatic rings. The van der Waals surface area contributed by atoms with E-state index in [-0.39, 0.29) is 23.8 Å². The molecule has 26 heavy (non-hydrogen) atoms. The van der Waals surface area contributed by atoms with Gasteiger partial charge in [0, 0.05) is 35.5 Å². The van der Waals surface area contributed by atoms with E-state index in [2.05, 4.69) is 15.5 Å². The third-order valence-corrected chi connectivity index (χ3v) is 5.38. The normalized spacial score (nSPS) is 15.2. The van der Waals surface area contributed by atoms with Gasteiger partial charge in [-0.2, -0.15) is 5.10 Å². The molecule has 0 saturated heterocycles. The highest BCUT2D eigenvalue weighted by molar-refractivity contribution is 5.96. The van der Waals surface area contributed by atoms with Crippen LogP contribution in [-0.4, -0.2) is 34.0 Å². The second kappa shape index (κ2) is 7.32. The van der Waals surface area contributed by atoms with Crippen LogP contribution in [0.2, 0.25) is 0 Å². The summed E-state index contributed by atoms with van der Waals surface area (Å²) in [6.07, 6.45) is 3.07. The fourth-order valence-corrected chi connectivity index (χ4v) is 3.36. The Kier molecular flexibility index (Phi) is 5.11. The van der Waals surface area contributed by atoms with Crippen LogP contribution in [0.25, 0.3) is 0 Å². The van der Waals surface area contributed by atoms with Crippen LogP contribution in [0.1, 0.15) is 59.5 Å². The summed E-state index contributed by atoms with van der Waals surface area (Å²) in [5, 5.41) is 10.1. The minimum atomic E-state index is -0.0840. The van der Waals surface area contributed by atoms with Gasteiger partial charge >= 0.3 is 0 Å². The van der Waals surface area contributed by atoms with Crippen LogP contribution in [0, 0.1) is 19.8 Å². The molecule has 1 heterocycles. The summed E-state index contributed by atoms with van der Waals surface area (Å²) in [7, 11) is 1.80. The van der Waals surface area contributed by atoms with Crippen molar-refractivity contribution in [2.24, 2.45) is 5.92 Å². The van der Waals surface area contributed by atoms with Crippen molar-refractivity contribution in [3.63, 3.8) is 0 Å². The van der Waals surface area contributed by atoms with E-state index >= 15 is 0 Å². The molecule has 1 aromatic heterocycles. The van der Waals surface area contributed by atoms with Crippen molar-refractivity contribution in [1.82, 2.24) is 15.1 Å². The predicted octanol–water partition coefficient (Wildman–Crippen LogP) is 3.60. The van der Waals surface area contributed by atoms with E-state index in [0.29, 0.717) is 5.56 Å². The minimum Gasteiger partial charge on any atom is -0.335 e. The van der Waals surface area contributed by atoms with Crippen molar-refractivity contribution in [3.05, 3.63) is 46.8 Å². The van der Waals surface area contributed by atoms with Crippen molar-refractivity contribution < 1.29 is 9.59 Å². The minimum absolute atomic E-state index is 0.0608. The van der Waals surface area contributed by atoms with Crippen LogP contribution < -0.4 is 5.32 Å². The highest BCUT2D eigenvalue weighted by atomic mass is 16.2. The van der Waals surface area contributed by atoms with Gasteiger partial charge in [-0.1, -0.05) is 6.42 Å². The molecule has 0 spiro atoms. The molecule has 138 valence electrons. The number of aromatic nitrogens is 2. The lowest BCUT2D eigenvalue weighted by molar-refractivity contribution is -0.122. The molecular weight excluding hydrogens is 328 g/mol. The monoisotopic (exact) mass is 354 g/mol. The second-order valence-electron chi connectivity index (χ2n) is 7.13. The number of anilines is 1. The van der Waals surface area contributed by atoms with Crippen LogP contribution in [0.3, 0.4) is 0 Å². The Morgan fingerprint density at radius 3 is 2.38 bits per heavy atom. The second-order valence-corrected chi connectivity index (χ2v) is 7.13. The van der Waals surface area contributed by atoms with Gasteiger partial charge in [0.1, 0.15) is 0 Å². The molecular formula is C20H26N4O2. The molecule has 0 aliphatic heterocycles. The fourth-order valence-electron chi connectivity index (χ4n) is 3.36. The molecule has 0 bridgehead atoms. The Balaban J connectivity index is 1.68. The average Bonchev–Trinajstić information content (AvgIpc) is 2.90. The first kappa shape index (κ1) is 18.2. The molecule has 1 saturated carbocycles. The SMILES string of the molecule is Cc1n[nH]c(C)c1[C@H](C)N(C)C(=O)c1ccc(NC(=O)C2CCC2)cc1. The average molecular weight is 354 g/mol. The number of carbonyl (C=O) groups excluding carboxylic acids is 2. The zero-order valence-electron chi connectivity index (χ0n) is 15.8. The van der Waals surface area contributed by atoms with Gasteiger partial charge in [0.25, 0.3) is 5.91 Å². The Morgan fingerprint density at radius 2 is 1.88 bits per heavy atom. The first-order valence-corrected chi connectivity index (χ1v) is 9.08. The maximum absolute atomic E-state index is 12.8. The summed E-state index contributed by atoms with van der Waals surface area (Å²) in [4.78, 5) is 26.5. The molecule has 3 rings (SSSR count). The van der Waals surface area contributed by atoms with Crippen LogP contribution in [0.4, 0.5) is 5.69 Å². The van der Waals surface area contributed by atoms with E-state index < -0.39 is 0 Å². The van der Waals surface area contributed by atoms with E-state index in [4.69, 9.17) is 0 Å². The highest BCUT2D eigenvalue weighted by Crippen LogP contribution is 2.28. The summed E-state index contributed by atoms with van der Waals surface area (Å²) in [6.45, 7) is 5.90. The third-order valence-electron chi connectivity index (χ3n) is 5.38. The van der Waals surface area contributed by atoms with Gasteiger partial charge in [0.05, 0.1) is 11.7 Å². The van der Waals surface area contributed by atoms with Crippen LogP contribution >= 0.6 is 0 Å². The van der Waals surface area contributed by atoms with Crippen molar-refractivity contribution in [2.75, 3.05) is 12.4 Å². The largest absolute Gasteiger partial charge is 0.335 e. The molecule has 0 radical (unpaired) electrons. The quantitative estimate of drug-likeness (QED) is 0.861. The number of rotatable bonds is 5.